The monoisotopic (exact) mass is 389 g/mol. The van der Waals surface area contributed by atoms with Crippen LogP contribution >= 0.6 is 0 Å². The van der Waals surface area contributed by atoms with Crippen LogP contribution in [-0.4, -0.2) is 22.6 Å². The third-order valence-corrected chi connectivity index (χ3v) is 5.80. The Bertz CT molecular complexity index is 1040. The highest BCUT2D eigenvalue weighted by molar-refractivity contribution is 5.97. The van der Waals surface area contributed by atoms with E-state index in [1.54, 1.807) is 0 Å². The molecule has 0 saturated carbocycles. The molecule has 29 heavy (non-hydrogen) atoms. The van der Waals surface area contributed by atoms with Crippen molar-refractivity contribution in [1.29, 1.82) is 0 Å². The molecule has 3 aromatic rings. The van der Waals surface area contributed by atoms with Crippen LogP contribution in [-0.2, 0) is 10.2 Å². The van der Waals surface area contributed by atoms with E-state index in [4.69, 9.17) is 4.52 Å². The molecule has 1 aliphatic rings. The van der Waals surface area contributed by atoms with Gasteiger partial charge in [0.1, 0.15) is 0 Å². The van der Waals surface area contributed by atoms with Crippen molar-refractivity contribution in [3.8, 4) is 11.5 Å². The van der Waals surface area contributed by atoms with Gasteiger partial charge < -0.3 is 9.42 Å². The lowest BCUT2D eigenvalue weighted by atomic mass is 9.87. The minimum atomic E-state index is -0.0613. The number of anilines is 1. The Morgan fingerprint density at radius 2 is 1.79 bits per heavy atom. The van der Waals surface area contributed by atoms with E-state index in [0.717, 1.165) is 16.8 Å². The molecule has 2 aromatic carbocycles. The molecule has 0 spiro atoms. The predicted octanol–water partition coefficient (Wildman–Crippen LogP) is 5.17. The molecule has 4 rings (SSSR count). The molecule has 0 bridgehead atoms. The third kappa shape index (κ3) is 3.69. The quantitative estimate of drug-likeness (QED) is 0.620. The van der Waals surface area contributed by atoms with Crippen LogP contribution in [0.1, 0.15) is 55.6 Å². The van der Waals surface area contributed by atoms with Gasteiger partial charge in [-0.05, 0) is 54.2 Å². The second kappa shape index (κ2) is 7.14. The molecule has 5 heteroatoms. The fourth-order valence-corrected chi connectivity index (χ4v) is 3.77. The zero-order valence-corrected chi connectivity index (χ0v) is 17.7. The number of hydrogen-bond donors (Lipinski definition) is 0. The first-order valence-electron chi connectivity index (χ1n) is 10.0. The largest absolute Gasteiger partial charge is 0.334 e. The molecule has 5 nitrogen and oxygen atoms in total. The molecular formula is C24H27N3O2. The number of aromatic nitrogens is 2. The summed E-state index contributed by atoms with van der Waals surface area (Å²) in [5.41, 5.74) is 5.53. The van der Waals surface area contributed by atoms with E-state index >= 15 is 0 Å². The Morgan fingerprint density at radius 3 is 2.48 bits per heavy atom. The smallest absolute Gasteiger partial charge is 0.257 e. The average Bonchev–Trinajstić information content (AvgIpc) is 3.30. The molecule has 2 heterocycles. The number of aryl methyl sites for hydroxylation is 1. The Hall–Kier alpha value is -2.95. The SMILES string of the molecule is Cc1cccc(N2CC(c3noc(-c4ccc(C(C)(C)C)cc4)n3)CC2=O)c1C. The predicted molar refractivity (Wildman–Crippen MR) is 114 cm³/mol. The maximum absolute atomic E-state index is 12.7. The van der Waals surface area contributed by atoms with Gasteiger partial charge in [-0.2, -0.15) is 4.98 Å². The van der Waals surface area contributed by atoms with Gasteiger partial charge in [-0.1, -0.05) is 50.2 Å². The number of benzene rings is 2. The molecule has 1 saturated heterocycles. The molecule has 1 amide bonds. The highest BCUT2D eigenvalue weighted by atomic mass is 16.5. The molecule has 1 aliphatic heterocycles. The van der Waals surface area contributed by atoms with Gasteiger partial charge in [-0.3, -0.25) is 4.79 Å². The van der Waals surface area contributed by atoms with Gasteiger partial charge in [-0.25, -0.2) is 0 Å². The first-order valence-corrected chi connectivity index (χ1v) is 10.0. The molecule has 0 aliphatic carbocycles. The van der Waals surface area contributed by atoms with Crippen molar-refractivity contribution < 1.29 is 9.32 Å². The summed E-state index contributed by atoms with van der Waals surface area (Å²) >= 11 is 0. The van der Waals surface area contributed by atoms with Gasteiger partial charge in [0.05, 0.1) is 0 Å². The Balaban J connectivity index is 1.54. The lowest BCUT2D eigenvalue weighted by molar-refractivity contribution is -0.117. The summed E-state index contributed by atoms with van der Waals surface area (Å²) in [6, 6.07) is 14.3. The molecule has 1 atom stereocenters. The van der Waals surface area contributed by atoms with E-state index in [-0.39, 0.29) is 17.2 Å². The van der Waals surface area contributed by atoms with Crippen LogP contribution in [0.15, 0.2) is 47.0 Å². The van der Waals surface area contributed by atoms with Crippen molar-refractivity contribution >= 4 is 11.6 Å². The summed E-state index contributed by atoms with van der Waals surface area (Å²) in [7, 11) is 0. The third-order valence-electron chi connectivity index (χ3n) is 5.80. The van der Waals surface area contributed by atoms with Crippen LogP contribution in [0.2, 0.25) is 0 Å². The van der Waals surface area contributed by atoms with Crippen molar-refractivity contribution in [2.24, 2.45) is 0 Å². The number of rotatable bonds is 3. The minimum Gasteiger partial charge on any atom is -0.334 e. The van der Waals surface area contributed by atoms with Gasteiger partial charge in [0.15, 0.2) is 5.82 Å². The topological polar surface area (TPSA) is 59.2 Å². The first-order chi connectivity index (χ1) is 13.7. The summed E-state index contributed by atoms with van der Waals surface area (Å²) in [6.07, 6.45) is 0.398. The van der Waals surface area contributed by atoms with Gasteiger partial charge in [0.25, 0.3) is 5.89 Å². The van der Waals surface area contributed by atoms with E-state index in [1.807, 2.05) is 29.2 Å². The first kappa shape index (κ1) is 19.4. The van der Waals surface area contributed by atoms with Crippen LogP contribution in [0.4, 0.5) is 5.69 Å². The summed E-state index contributed by atoms with van der Waals surface area (Å²) in [6.45, 7) is 11.3. The van der Waals surface area contributed by atoms with Crippen molar-refractivity contribution in [3.05, 3.63) is 65.0 Å². The van der Waals surface area contributed by atoms with Crippen LogP contribution < -0.4 is 4.90 Å². The molecule has 1 unspecified atom stereocenters. The van der Waals surface area contributed by atoms with Crippen LogP contribution in [0.5, 0.6) is 0 Å². The number of amides is 1. The molecule has 1 aromatic heterocycles. The summed E-state index contributed by atoms with van der Waals surface area (Å²) in [5, 5.41) is 4.18. The molecule has 150 valence electrons. The summed E-state index contributed by atoms with van der Waals surface area (Å²) in [5.74, 6) is 1.14. The van der Waals surface area contributed by atoms with Crippen molar-refractivity contribution in [1.82, 2.24) is 10.1 Å². The maximum Gasteiger partial charge on any atom is 0.257 e. The molecule has 1 fully saturated rings. The molecule has 0 N–H and O–H groups in total. The molecule has 0 radical (unpaired) electrons. The Kier molecular flexibility index (Phi) is 4.77. The maximum atomic E-state index is 12.7. The second-order valence-corrected chi connectivity index (χ2v) is 8.91. The van der Waals surface area contributed by atoms with Gasteiger partial charge in [0.2, 0.25) is 5.91 Å². The minimum absolute atomic E-state index is 0.0613. The van der Waals surface area contributed by atoms with Crippen molar-refractivity contribution in [3.63, 3.8) is 0 Å². The Morgan fingerprint density at radius 1 is 1.07 bits per heavy atom. The van der Waals surface area contributed by atoms with E-state index in [9.17, 15) is 4.79 Å². The van der Waals surface area contributed by atoms with Gasteiger partial charge in [0, 0.05) is 30.1 Å². The second-order valence-electron chi connectivity index (χ2n) is 8.91. The van der Waals surface area contributed by atoms with E-state index in [1.165, 1.54) is 11.1 Å². The molecular weight excluding hydrogens is 362 g/mol. The van der Waals surface area contributed by atoms with E-state index in [0.29, 0.717) is 24.7 Å². The standard InChI is InChI=1S/C24H27N3O2/c1-15-7-6-8-20(16(15)2)27-14-18(13-21(27)28)22-25-23(29-26-22)17-9-11-19(12-10-17)24(3,4)5/h6-12,18H,13-14H2,1-5H3. The van der Waals surface area contributed by atoms with Crippen molar-refractivity contribution in [2.75, 3.05) is 11.4 Å². The lowest BCUT2D eigenvalue weighted by Crippen LogP contribution is -2.25. The highest BCUT2D eigenvalue weighted by Gasteiger charge is 2.35. The van der Waals surface area contributed by atoms with E-state index < -0.39 is 0 Å². The van der Waals surface area contributed by atoms with Crippen LogP contribution in [0, 0.1) is 13.8 Å². The van der Waals surface area contributed by atoms with Gasteiger partial charge in [-0.15, -0.1) is 0 Å². The van der Waals surface area contributed by atoms with Crippen LogP contribution in [0.3, 0.4) is 0 Å². The highest BCUT2D eigenvalue weighted by Crippen LogP contribution is 2.34. The zero-order valence-electron chi connectivity index (χ0n) is 17.7. The Labute approximate surface area is 171 Å². The lowest BCUT2D eigenvalue weighted by Gasteiger charge is -2.19. The average molecular weight is 389 g/mol. The number of hydrogen-bond acceptors (Lipinski definition) is 4. The van der Waals surface area contributed by atoms with Crippen molar-refractivity contribution in [2.45, 2.75) is 52.4 Å². The number of carbonyl (C=O) groups excluding carboxylic acids is 1. The fraction of sp³-hybridized carbons (Fsp3) is 0.375. The van der Waals surface area contributed by atoms with E-state index in [2.05, 4.69) is 63.0 Å². The summed E-state index contributed by atoms with van der Waals surface area (Å²) in [4.78, 5) is 19.1. The number of carbonyl (C=O) groups is 1. The number of nitrogens with zero attached hydrogens (tertiary/aromatic N) is 3. The fourth-order valence-electron chi connectivity index (χ4n) is 3.77. The van der Waals surface area contributed by atoms with Gasteiger partial charge >= 0.3 is 0 Å². The zero-order chi connectivity index (χ0) is 20.8. The normalized spacial score (nSPS) is 17.2. The summed E-state index contributed by atoms with van der Waals surface area (Å²) < 4.78 is 5.52. The van der Waals surface area contributed by atoms with Crippen LogP contribution in [0.25, 0.3) is 11.5 Å².